The van der Waals surface area contributed by atoms with Crippen LogP contribution in [0.3, 0.4) is 0 Å². The first kappa shape index (κ1) is 19.6. The number of aliphatic carboxylic acids is 1. The van der Waals surface area contributed by atoms with Crippen molar-refractivity contribution < 1.29 is 19.8 Å². The van der Waals surface area contributed by atoms with Gasteiger partial charge in [-0.05, 0) is 50.9 Å². The zero-order valence-corrected chi connectivity index (χ0v) is 16.0. The van der Waals surface area contributed by atoms with Gasteiger partial charge in [0.15, 0.2) is 0 Å². The van der Waals surface area contributed by atoms with E-state index in [-0.39, 0.29) is 23.8 Å². The Balaban J connectivity index is 1.64. The van der Waals surface area contributed by atoms with Crippen molar-refractivity contribution in [3.05, 3.63) is 0 Å². The van der Waals surface area contributed by atoms with Crippen molar-refractivity contribution in [1.82, 2.24) is 9.80 Å². The molecule has 26 heavy (non-hydrogen) atoms. The lowest BCUT2D eigenvalue weighted by atomic mass is 9.71. The number of carbonyl (C=O) groups is 2. The summed E-state index contributed by atoms with van der Waals surface area (Å²) in [5, 5.41) is 19.8. The number of likely N-dealkylation sites (tertiary alicyclic amines) is 2. The summed E-state index contributed by atoms with van der Waals surface area (Å²) < 4.78 is 0. The minimum absolute atomic E-state index is 0.0173. The minimum atomic E-state index is -0.826. The second-order valence-electron chi connectivity index (χ2n) is 8.76. The van der Waals surface area contributed by atoms with Crippen molar-refractivity contribution in [3.63, 3.8) is 0 Å². The molecule has 3 aliphatic rings. The molecule has 1 saturated carbocycles. The van der Waals surface area contributed by atoms with Crippen LogP contribution in [-0.4, -0.2) is 70.7 Å². The third kappa shape index (κ3) is 4.22. The molecule has 0 aromatic carbocycles. The summed E-state index contributed by atoms with van der Waals surface area (Å²) in [6.45, 7) is 4.80. The first-order chi connectivity index (χ1) is 12.4. The van der Waals surface area contributed by atoms with E-state index in [1.54, 1.807) is 0 Å². The molecule has 0 radical (unpaired) electrons. The largest absolute Gasteiger partial charge is 0.480 e. The van der Waals surface area contributed by atoms with Gasteiger partial charge in [0.2, 0.25) is 5.91 Å². The lowest BCUT2D eigenvalue weighted by Gasteiger charge is -2.51. The molecule has 2 atom stereocenters. The van der Waals surface area contributed by atoms with Gasteiger partial charge in [-0.15, -0.1) is 0 Å². The minimum Gasteiger partial charge on any atom is -0.480 e. The normalized spacial score (nSPS) is 36.2. The molecule has 6 nitrogen and oxygen atoms in total. The van der Waals surface area contributed by atoms with Gasteiger partial charge in [-0.3, -0.25) is 14.5 Å². The van der Waals surface area contributed by atoms with Crippen molar-refractivity contribution >= 4 is 11.9 Å². The predicted octanol–water partition coefficient (Wildman–Crippen LogP) is 1.96. The highest BCUT2D eigenvalue weighted by Crippen LogP contribution is 2.40. The number of hydrogen-bond acceptors (Lipinski definition) is 4. The Morgan fingerprint density at radius 2 is 1.81 bits per heavy atom. The highest BCUT2D eigenvalue weighted by Gasteiger charge is 2.47. The summed E-state index contributed by atoms with van der Waals surface area (Å²) >= 11 is 0. The molecule has 0 aromatic rings. The van der Waals surface area contributed by atoms with Crippen molar-refractivity contribution in [1.29, 1.82) is 0 Å². The fourth-order valence-electron chi connectivity index (χ4n) is 5.39. The van der Waals surface area contributed by atoms with Gasteiger partial charge in [-0.2, -0.15) is 0 Å². The molecule has 0 aromatic heterocycles. The SMILES string of the molecule is CCC1CCC(C(=O)N2CCC[C@@]3(CN(CC(=O)O)CC[C@H]3O)C2)CC1. The van der Waals surface area contributed by atoms with Crippen LogP contribution in [0.1, 0.15) is 58.3 Å². The Bertz CT molecular complexity index is 518. The molecular weight excluding hydrogens is 332 g/mol. The molecular formula is C20H34N2O4. The average molecular weight is 367 g/mol. The van der Waals surface area contributed by atoms with Gasteiger partial charge in [-0.1, -0.05) is 13.3 Å². The lowest BCUT2D eigenvalue weighted by Crippen LogP contribution is -2.60. The van der Waals surface area contributed by atoms with Gasteiger partial charge in [-0.25, -0.2) is 0 Å². The predicted molar refractivity (Wildman–Crippen MR) is 98.7 cm³/mol. The number of amides is 1. The highest BCUT2D eigenvalue weighted by molar-refractivity contribution is 5.79. The van der Waals surface area contributed by atoms with Crippen molar-refractivity contribution in [2.75, 3.05) is 32.7 Å². The maximum Gasteiger partial charge on any atom is 0.317 e. The van der Waals surface area contributed by atoms with E-state index in [1.807, 2.05) is 9.80 Å². The zero-order chi connectivity index (χ0) is 18.7. The first-order valence-corrected chi connectivity index (χ1v) is 10.3. The van der Waals surface area contributed by atoms with E-state index in [4.69, 9.17) is 5.11 Å². The Labute approximate surface area is 156 Å². The van der Waals surface area contributed by atoms with Crippen LogP contribution in [-0.2, 0) is 9.59 Å². The molecule has 2 heterocycles. The summed E-state index contributed by atoms with van der Waals surface area (Å²) in [7, 11) is 0. The summed E-state index contributed by atoms with van der Waals surface area (Å²) in [6.07, 6.45) is 7.42. The molecule has 0 bridgehead atoms. The van der Waals surface area contributed by atoms with E-state index in [2.05, 4.69) is 6.92 Å². The molecule has 2 saturated heterocycles. The molecule has 2 N–H and O–H groups in total. The van der Waals surface area contributed by atoms with Crippen LogP contribution in [0.5, 0.6) is 0 Å². The lowest BCUT2D eigenvalue weighted by molar-refractivity contribution is -0.150. The number of carboxylic acids is 1. The quantitative estimate of drug-likeness (QED) is 0.795. The van der Waals surface area contributed by atoms with Crippen LogP contribution < -0.4 is 0 Å². The molecule has 1 spiro atoms. The van der Waals surface area contributed by atoms with Crippen molar-refractivity contribution in [2.24, 2.45) is 17.3 Å². The van der Waals surface area contributed by atoms with Gasteiger partial charge >= 0.3 is 5.97 Å². The number of aliphatic hydroxyl groups is 1. The molecule has 3 rings (SSSR count). The monoisotopic (exact) mass is 366 g/mol. The van der Waals surface area contributed by atoms with Gasteiger partial charge < -0.3 is 15.1 Å². The highest BCUT2D eigenvalue weighted by atomic mass is 16.4. The van der Waals surface area contributed by atoms with Crippen LogP contribution in [0, 0.1) is 17.3 Å². The first-order valence-electron chi connectivity index (χ1n) is 10.3. The molecule has 0 unspecified atom stereocenters. The van der Waals surface area contributed by atoms with Crippen LogP contribution in [0.4, 0.5) is 0 Å². The Hall–Kier alpha value is -1.14. The van der Waals surface area contributed by atoms with Crippen molar-refractivity contribution in [2.45, 2.75) is 64.4 Å². The van der Waals surface area contributed by atoms with E-state index in [1.165, 1.54) is 6.42 Å². The zero-order valence-electron chi connectivity index (χ0n) is 16.0. The van der Waals surface area contributed by atoms with E-state index in [9.17, 15) is 14.7 Å². The molecule has 1 amide bonds. The second kappa shape index (κ2) is 8.26. The number of nitrogens with zero attached hydrogens (tertiary/aromatic N) is 2. The molecule has 3 fully saturated rings. The van der Waals surface area contributed by atoms with Crippen LogP contribution in [0.25, 0.3) is 0 Å². The number of carbonyl (C=O) groups excluding carboxylic acids is 1. The number of rotatable bonds is 4. The molecule has 6 heteroatoms. The standard InChI is InChI=1S/C20H34N2O4/c1-2-15-4-6-16(7-5-15)19(26)22-10-3-9-20(14-22)13-21(12-18(24)25)11-8-17(20)23/h15-17,23H,2-14H2,1H3,(H,24,25)/t15?,16?,17-,20-/m1/s1. The van der Waals surface area contributed by atoms with Crippen LogP contribution in [0.15, 0.2) is 0 Å². The molecule has 2 aliphatic heterocycles. The Kier molecular flexibility index (Phi) is 6.23. The number of piperidine rings is 2. The third-order valence-electron chi connectivity index (χ3n) is 7.02. The number of hydrogen-bond donors (Lipinski definition) is 2. The fourth-order valence-corrected chi connectivity index (χ4v) is 5.39. The van der Waals surface area contributed by atoms with Gasteiger partial charge in [0.25, 0.3) is 0 Å². The van der Waals surface area contributed by atoms with E-state index in [0.29, 0.717) is 26.1 Å². The van der Waals surface area contributed by atoms with Gasteiger partial charge in [0.05, 0.1) is 12.6 Å². The third-order valence-corrected chi connectivity index (χ3v) is 7.02. The maximum absolute atomic E-state index is 13.1. The Morgan fingerprint density at radius 3 is 2.46 bits per heavy atom. The number of aliphatic hydroxyl groups excluding tert-OH is 1. The summed E-state index contributed by atoms with van der Waals surface area (Å²) in [5.74, 6) is 0.356. The van der Waals surface area contributed by atoms with E-state index >= 15 is 0 Å². The van der Waals surface area contributed by atoms with Gasteiger partial charge in [0, 0.05) is 37.5 Å². The summed E-state index contributed by atoms with van der Waals surface area (Å²) in [6, 6.07) is 0. The number of carboxylic acid groups (broad SMARTS) is 1. The summed E-state index contributed by atoms with van der Waals surface area (Å²) in [4.78, 5) is 28.1. The van der Waals surface area contributed by atoms with Crippen LogP contribution in [0.2, 0.25) is 0 Å². The second-order valence-corrected chi connectivity index (χ2v) is 8.76. The van der Waals surface area contributed by atoms with E-state index in [0.717, 1.165) is 51.0 Å². The smallest absolute Gasteiger partial charge is 0.317 e. The molecule has 1 aliphatic carbocycles. The van der Waals surface area contributed by atoms with Gasteiger partial charge in [0.1, 0.15) is 0 Å². The molecule has 148 valence electrons. The Morgan fingerprint density at radius 1 is 1.08 bits per heavy atom. The maximum atomic E-state index is 13.1. The van der Waals surface area contributed by atoms with Crippen molar-refractivity contribution in [3.8, 4) is 0 Å². The van der Waals surface area contributed by atoms with E-state index < -0.39 is 12.1 Å². The van der Waals surface area contributed by atoms with Crippen LogP contribution >= 0.6 is 0 Å². The fraction of sp³-hybridized carbons (Fsp3) is 0.900. The average Bonchev–Trinajstić information content (AvgIpc) is 2.64. The summed E-state index contributed by atoms with van der Waals surface area (Å²) in [5.41, 5.74) is -0.359. The topological polar surface area (TPSA) is 81.1 Å².